The third-order valence-corrected chi connectivity index (χ3v) is 3.01. The van der Waals surface area contributed by atoms with Gasteiger partial charge in [-0.3, -0.25) is 4.98 Å². The maximum absolute atomic E-state index is 12.0. The fourth-order valence-electron chi connectivity index (χ4n) is 1.64. The van der Waals surface area contributed by atoms with E-state index in [-0.39, 0.29) is 6.61 Å². The highest BCUT2D eigenvalue weighted by Crippen LogP contribution is 2.22. The van der Waals surface area contributed by atoms with E-state index in [1.165, 1.54) is 7.11 Å². The van der Waals surface area contributed by atoms with Crippen LogP contribution in [0.5, 0.6) is 5.75 Å². The Hall–Kier alpha value is -2.08. The number of nitrogens with zero attached hydrogens (tertiary/aromatic N) is 1. The summed E-state index contributed by atoms with van der Waals surface area (Å²) in [5.41, 5.74) is 7.29. The van der Waals surface area contributed by atoms with Gasteiger partial charge in [0.1, 0.15) is 17.9 Å². The van der Waals surface area contributed by atoms with Crippen molar-refractivity contribution in [2.45, 2.75) is 6.61 Å². The summed E-state index contributed by atoms with van der Waals surface area (Å²) in [6.07, 6.45) is 3.30. The molecular weight excluding hydrogens is 324 g/mol. The van der Waals surface area contributed by atoms with Crippen LogP contribution in [0.1, 0.15) is 15.9 Å². The summed E-state index contributed by atoms with van der Waals surface area (Å²) in [4.78, 5) is 16.0. The quantitative estimate of drug-likeness (QED) is 0.686. The Labute approximate surface area is 124 Å². The lowest BCUT2D eigenvalue weighted by molar-refractivity contribution is 0.0468. The van der Waals surface area contributed by atoms with Gasteiger partial charge in [0.2, 0.25) is 0 Å². The number of ether oxygens (including phenoxy) is 2. The molecule has 2 aromatic rings. The van der Waals surface area contributed by atoms with Gasteiger partial charge >= 0.3 is 5.97 Å². The largest absolute Gasteiger partial charge is 0.496 e. The molecule has 0 saturated carbocycles. The number of esters is 1. The molecule has 0 unspecified atom stereocenters. The lowest BCUT2D eigenvalue weighted by atomic mass is 10.2. The van der Waals surface area contributed by atoms with Crippen molar-refractivity contribution < 1.29 is 14.3 Å². The Bertz CT molecular complexity index is 632. The first kappa shape index (κ1) is 14.3. The van der Waals surface area contributed by atoms with Gasteiger partial charge in [0.15, 0.2) is 0 Å². The second-order valence-corrected chi connectivity index (χ2v) is 4.96. The van der Waals surface area contributed by atoms with E-state index in [9.17, 15) is 4.79 Å². The molecule has 1 aromatic carbocycles. The van der Waals surface area contributed by atoms with E-state index in [4.69, 9.17) is 15.2 Å². The van der Waals surface area contributed by atoms with E-state index in [1.807, 2.05) is 6.07 Å². The number of rotatable bonds is 4. The summed E-state index contributed by atoms with van der Waals surface area (Å²) in [5.74, 6) is -0.0795. The highest BCUT2D eigenvalue weighted by molar-refractivity contribution is 9.10. The normalized spacial score (nSPS) is 10.1. The molecule has 0 radical (unpaired) electrons. The molecule has 0 saturated heterocycles. The molecule has 0 fully saturated rings. The number of hydrogen-bond donors (Lipinski definition) is 1. The summed E-state index contributed by atoms with van der Waals surface area (Å²) < 4.78 is 11.2. The van der Waals surface area contributed by atoms with E-state index in [0.29, 0.717) is 17.0 Å². The summed E-state index contributed by atoms with van der Waals surface area (Å²) in [5, 5.41) is 0. The number of nitrogen functional groups attached to an aromatic ring is 1. The molecule has 2 N–H and O–H groups in total. The molecule has 0 atom stereocenters. The van der Waals surface area contributed by atoms with Crippen LogP contribution in [0.2, 0.25) is 0 Å². The minimum absolute atomic E-state index is 0.138. The molecule has 1 aromatic heterocycles. The third kappa shape index (κ3) is 3.48. The first-order valence-corrected chi connectivity index (χ1v) is 6.59. The van der Waals surface area contributed by atoms with Crippen LogP contribution in [0.3, 0.4) is 0 Å². The maximum Gasteiger partial charge on any atom is 0.342 e. The lowest BCUT2D eigenvalue weighted by Gasteiger charge is -2.09. The van der Waals surface area contributed by atoms with Gasteiger partial charge in [0, 0.05) is 34.2 Å². The predicted molar refractivity (Wildman–Crippen MR) is 78.5 cm³/mol. The second kappa shape index (κ2) is 6.38. The van der Waals surface area contributed by atoms with Crippen LogP contribution in [0, 0.1) is 0 Å². The Balaban J connectivity index is 2.09. The number of pyridine rings is 1. The molecule has 0 spiro atoms. The number of carbonyl (C=O) groups excluding carboxylic acids is 1. The summed E-state index contributed by atoms with van der Waals surface area (Å²) >= 11 is 3.31. The molecule has 0 amide bonds. The van der Waals surface area contributed by atoms with Gasteiger partial charge in [-0.15, -0.1) is 0 Å². The van der Waals surface area contributed by atoms with Gasteiger partial charge in [-0.2, -0.15) is 0 Å². The van der Waals surface area contributed by atoms with Crippen LogP contribution in [-0.4, -0.2) is 18.1 Å². The van der Waals surface area contributed by atoms with Crippen LogP contribution in [0.4, 0.5) is 5.69 Å². The molecule has 5 nitrogen and oxygen atoms in total. The molecule has 0 bridgehead atoms. The van der Waals surface area contributed by atoms with Crippen molar-refractivity contribution in [1.82, 2.24) is 4.98 Å². The number of anilines is 1. The molecule has 20 heavy (non-hydrogen) atoms. The lowest BCUT2D eigenvalue weighted by Crippen LogP contribution is -2.07. The molecule has 2 rings (SSSR count). The first-order chi connectivity index (χ1) is 9.60. The smallest absolute Gasteiger partial charge is 0.342 e. The van der Waals surface area contributed by atoms with Crippen LogP contribution in [0.15, 0.2) is 41.1 Å². The molecule has 0 aliphatic carbocycles. The topological polar surface area (TPSA) is 74.4 Å². The fourth-order valence-corrected chi connectivity index (χ4v) is 2.05. The number of aromatic nitrogens is 1. The highest BCUT2D eigenvalue weighted by atomic mass is 79.9. The van der Waals surface area contributed by atoms with Crippen LogP contribution in [-0.2, 0) is 11.3 Å². The first-order valence-electron chi connectivity index (χ1n) is 5.80. The zero-order chi connectivity index (χ0) is 14.5. The van der Waals surface area contributed by atoms with E-state index < -0.39 is 5.97 Å². The maximum atomic E-state index is 12.0. The summed E-state index contributed by atoms with van der Waals surface area (Å²) in [6, 6.07) is 6.62. The van der Waals surface area contributed by atoms with Crippen molar-refractivity contribution in [2.75, 3.05) is 12.8 Å². The third-order valence-electron chi connectivity index (χ3n) is 2.58. The standard InChI is InChI=1S/C14H13BrN2O3/c1-19-13-5-11(16)2-3-12(13)14(18)20-8-9-4-10(15)7-17-6-9/h2-7H,8,16H2,1H3. The Kier molecular flexibility index (Phi) is 4.57. The average Bonchev–Trinajstić information content (AvgIpc) is 2.44. The van der Waals surface area contributed by atoms with E-state index >= 15 is 0 Å². The zero-order valence-electron chi connectivity index (χ0n) is 10.8. The second-order valence-electron chi connectivity index (χ2n) is 4.05. The van der Waals surface area contributed by atoms with Gasteiger partial charge in [0.25, 0.3) is 0 Å². The van der Waals surface area contributed by atoms with Crippen molar-refractivity contribution in [3.8, 4) is 5.75 Å². The van der Waals surface area contributed by atoms with Gasteiger partial charge in [-0.25, -0.2) is 4.79 Å². The zero-order valence-corrected chi connectivity index (χ0v) is 12.4. The summed E-state index contributed by atoms with van der Waals surface area (Å²) in [6.45, 7) is 0.138. The highest BCUT2D eigenvalue weighted by Gasteiger charge is 2.14. The average molecular weight is 337 g/mol. The van der Waals surface area contributed by atoms with Crippen LogP contribution >= 0.6 is 15.9 Å². The van der Waals surface area contributed by atoms with Gasteiger partial charge in [-0.1, -0.05) is 0 Å². The molecule has 0 aliphatic heterocycles. The van der Waals surface area contributed by atoms with E-state index in [0.717, 1.165) is 10.0 Å². The number of benzene rings is 1. The summed E-state index contributed by atoms with van der Waals surface area (Å²) in [7, 11) is 1.48. The molecule has 1 heterocycles. The van der Waals surface area contributed by atoms with E-state index in [1.54, 1.807) is 30.6 Å². The Morgan fingerprint density at radius 3 is 2.85 bits per heavy atom. The molecule has 6 heteroatoms. The minimum Gasteiger partial charge on any atom is -0.496 e. The van der Waals surface area contributed by atoms with Gasteiger partial charge in [0.05, 0.1) is 7.11 Å². The predicted octanol–water partition coefficient (Wildman–Crippen LogP) is 2.79. The number of methoxy groups -OCH3 is 1. The number of halogens is 1. The molecule has 0 aliphatic rings. The number of carbonyl (C=O) groups is 1. The monoisotopic (exact) mass is 336 g/mol. The molecule has 104 valence electrons. The Morgan fingerprint density at radius 1 is 1.35 bits per heavy atom. The van der Waals surface area contributed by atoms with Crippen molar-refractivity contribution in [3.05, 3.63) is 52.3 Å². The fraction of sp³-hybridized carbons (Fsp3) is 0.143. The SMILES string of the molecule is COc1cc(N)ccc1C(=O)OCc1cncc(Br)c1. The number of nitrogens with two attached hydrogens (primary N) is 1. The van der Waals surface area contributed by atoms with Crippen molar-refractivity contribution in [2.24, 2.45) is 0 Å². The van der Waals surface area contributed by atoms with Gasteiger partial charge < -0.3 is 15.2 Å². The number of hydrogen-bond acceptors (Lipinski definition) is 5. The van der Waals surface area contributed by atoms with E-state index in [2.05, 4.69) is 20.9 Å². The van der Waals surface area contributed by atoms with Crippen molar-refractivity contribution in [1.29, 1.82) is 0 Å². The minimum atomic E-state index is -0.471. The van der Waals surface area contributed by atoms with Crippen LogP contribution < -0.4 is 10.5 Å². The van der Waals surface area contributed by atoms with Crippen molar-refractivity contribution in [3.63, 3.8) is 0 Å². The molecular formula is C14H13BrN2O3. The van der Waals surface area contributed by atoms with Gasteiger partial charge in [-0.05, 0) is 34.1 Å². The van der Waals surface area contributed by atoms with Crippen molar-refractivity contribution >= 4 is 27.6 Å². The Morgan fingerprint density at radius 2 is 2.15 bits per heavy atom. The van der Waals surface area contributed by atoms with Crippen LogP contribution in [0.25, 0.3) is 0 Å².